The fourth-order valence-corrected chi connectivity index (χ4v) is 4.77. The van der Waals surface area contributed by atoms with Crippen molar-refractivity contribution < 1.29 is 14.3 Å². The average molecular weight is 494 g/mol. The topological polar surface area (TPSA) is 143 Å². The molecule has 1 aliphatic rings. The lowest BCUT2D eigenvalue weighted by Crippen LogP contribution is -2.49. The molecule has 5 rings (SSSR count). The number of primary amides is 1. The fourth-order valence-electron chi connectivity index (χ4n) is 4.57. The summed E-state index contributed by atoms with van der Waals surface area (Å²) in [5, 5.41) is 8.55. The Balaban J connectivity index is 1.41. The number of nitrogens with one attached hydrogen (secondary N) is 2. The number of piperidine rings is 1. The highest BCUT2D eigenvalue weighted by molar-refractivity contribution is 6.33. The minimum Gasteiger partial charge on any atom is -0.481 e. The largest absolute Gasteiger partial charge is 0.481 e. The summed E-state index contributed by atoms with van der Waals surface area (Å²) in [6.07, 6.45) is 6.60. The second-order valence-electron chi connectivity index (χ2n) is 8.59. The lowest BCUT2D eigenvalue weighted by Gasteiger charge is -2.38. The minimum atomic E-state index is -0.346. The number of methoxy groups -OCH3 is 1. The van der Waals surface area contributed by atoms with Gasteiger partial charge in [-0.2, -0.15) is 5.10 Å². The van der Waals surface area contributed by atoms with Crippen molar-refractivity contribution in [2.24, 2.45) is 11.7 Å². The van der Waals surface area contributed by atoms with Crippen LogP contribution in [0.25, 0.3) is 22.2 Å². The Morgan fingerprint density at radius 3 is 2.91 bits per heavy atom. The van der Waals surface area contributed by atoms with Gasteiger partial charge in [0.2, 0.25) is 11.8 Å². The van der Waals surface area contributed by atoms with E-state index in [4.69, 9.17) is 22.1 Å². The zero-order valence-electron chi connectivity index (χ0n) is 19.0. The van der Waals surface area contributed by atoms with Gasteiger partial charge in [0.05, 0.1) is 35.7 Å². The molecule has 180 valence electrons. The zero-order valence-corrected chi connectivity index (χ0v) is 19.7. The van der Waals surface area contributed by atoms with Crippen LogP contribution >= 0.6 is 11.6 Å². The van der Waals surface area contributed by atoms with Gasteiger partial charge in [0.25, 0.3) is 5.91 Å². The Labute approximate surface area is 205 Å². The number of nitrogens with zero attached hydrogens (tertiary/aromatic N) is 4. The van der Waals surface area contributed by atoms with Gasteiger partial charge in [-0.3, -0.25) is 19.7 Å². The summed E-state index contributed by atoms with van der Waals surface area (Å²) in [6, 6.07) is 7.05. The van der Waals surface area contributed by atoms with Crippen LogP contribution in [0.15, 0.2) is 42.9 Å². The predicted molar refractivity (Wildman–Crippen MR) is 130 cm³/mol. The smallest absolute Gasteiger partial charge is 0.272 e. The van der Waals surface area contributed by atoms with Crippen molar-refractivity contribution in [3.8, 4) is 17.1 Å². The molecule has 0 radical (unpaired) electrons. The minimum absolute atomic E-state index is 0.212. The number of ether oxygens (including phenoxy) is 1. The molecule has 10 nitrogen and oxygen atoms in total. The molecular weight excluding hydrogens is 470 g/mol. The zero-order chi connectivity index (χ0) is 24.5. The third-order valence-corrected chi connectivity index (χ3v) is 6.74. The molecule has 2 unspecified atom stereocenters. The molecule has 0 aromatic carbocycles. The molecule has 2 atom stereocenters. The molecule has 1 fully saturated rings. The van der Waals surface area contributed by atoms with Gasteiger partial charge in [-0.05, 0) is 31.0 Å². The van der Waals surface area contributed by atoms with Crippen molar-refractivity contribution in [2.75, 3.05) is 13.7 Å². The normalized spacial score (nSPS) is 18.1. The summed E-state index contributed by atoms with van der Waals surface area (Å²) < 4.78 is 5.17. The number of aromatic nitrogens is 5. The molecule has 0 spiro atoms. The Morgan fingerprint density at radius 1 is 1.26 bits per heavy atom. The monoisotopic (exact) mass is 493 g/mol. The molecule has 11 heteroatoms. The van der Waals surface area contributed by atoms with Crippen molar-refractivity contribution in [1.29, 1.82) is 0 Å². The van der Waals surface area contributed by atoms with Crippen molar-refractivity contribution in [1.82, 2.24) is 30.0 Å². The third kappa shape index (κ3) is 4.57. The second-order valence-corrected chi connectivity index (χ2v) is 9.00. The van der Waals surface area contributed by atoms with Crippen molar-refractivity contribution in [2.45, 2.75) is 25.3 Å². The van der Waals surface area contributed by atoms with E-state index in [1.54, 1.807) is 23.2 Å². The fraction of sp³-hybridized carbons (Fsp3) is 0.292. The second kappa shape index (κ2) is 9.38. The number of carbonyl (C=O) groups is 2. The molecule has 5 heterocycles. The van der Waals surface area contributed by atoms with Gasteiger partial charge in [-0.1, -0.05) is 11.6 Å². The van der Waals surface area contributed by atoms with E-state index in [2.05, 4.69) is 25.1 Å². The molecule has 35 heavy (non-hydrogen) atoms. The Bertz CT molecular complexity index is 1400. The van der Waals surface area contributed by atoms with Crippen LogP contribution in [0.5, 0.6) is 5.88 Å². The number of H-pyrrole nitrogens is 2. The molecule has 1 aliphatic heterocycles. The average Bonchev–Trinajstić information content (AvgIpc) is 3.53. The molecule has 0 saturated carbocycles. The quantitative estimate of drug-likeness (QED) is 0.377. The van der Waals surface area contributed by atoms with Gasteiger partial charge in [-0.15, -0.1) is 0 Å². The van der Waals surface area contributed by atoms with E-state index in [1.807, 2.05) is 18.3 Å². The summed E-state index contributed by atoms with van der Waals surface area (Å²) in [4.78, 5) is 39.0. The Kier molecular flexibility index (Phi) is 6.12. The number of carbonyl (C=O) groups excluding carboxylic acids is 2. The van der Waals surface area contributed by atoms with Crippen molar-refractivity contribution in [3.05, 3.63) is 59.3 Å². The van der Waals surface area contributed by atoms with E-state index in [0.717, 1.165) is 16.6 Å². The number of pyridine rings is 2. The summed E-state index contributed by atoms with van der Waals surface area (Å²) >= 11 is 6.30. The molecule has 2 amide bonds. The van der Waals surface area contributed by atoms with Crippen molar-refractivity contribution in [3.63, 3.8) is 0 Å². The highest BCUT2D eigenvalue weighted by atomic mass is 35.5. The first kappa shape index (κ1) is 22.9. The molecule has 4 aromatic rings. The maximum atomic E-state index is 13.5. The van der Waals surface area contributed by atoms with E-state index in [9.17, 15) is 9.59 Å². The van der Waals surface area contributed by atoms with E-state index in [1.165, 1.54) is 13.3 Å². The highest BCUT2D eigenvalue weighted by Gasteiger charge is 2.35. The van der Waals surface area contributed by atoms with Gasteiger partial charge in [0.1, 0.15) is 5.69 Å². The molecule has 1 saturated heterocycles. The maximum Gasteiger partial charge on any atom is 0.272 e. The number of likely N-dealkylation sites (tertiary alicyclic amines) is 1. The number of halogens is 1. The third-order valence-electron chi connectivity index (χ3n) is 6.44. The van der Waals surface area contributed by atoms with E-state index in [0.29, 0.717) is 53.7 Å². The standard InChI is InChI=1S/C24H24ClN7O3/c1-35-22-9-17(18(25)11-29-22)19-10-20(31-30-19)24(34)32-5-3-14(23(26)33)7-16(32)8-15-6-13-2-4-27-21(13)12-28-15/h2,4,6,9-12,14,16,27H,3,5,7-8H2,1H3,(H2,26,33)(H,30,31). The van der Waals surface area contributed by atoms with Gasteiger partial charge < -0.3 is 20.4 Å². The number of hydrogen-bond acceptors (Lipinski definition) is 6. The van der Waals surface area contributed by atoms with Crippen LogP contribution in [0.2, 0.25) is 5.02 Å². The first-order chi connectivity index (χ1) is 16.9. The van der Waals surface area contributed by atoms with Crippen LogP contribution in [0, 0.1) is 5.92 Å². The number of fused-ring (bicyclic) bond motifs is 1. The molecule has 0 bridgehead atoms. The van der Waals surface area contributed by atoms with E-state index >= 15 is 0 Å². The summed E-state index contributed by atoms with van der Waals surface area (Å²) in [5.74, 6) is -0.459. The predicted octanol–water partition coefficient (Wildman–Crippen LogP) is 2.96. The van der Waals surface area contributed by atoms with Crippen LogP contribution in [-0.4, -0.2) is 61.6 Å². The highest BCUT2D eigenvalue weighted by Crippen LogP contribution is 2.31. The Morgan fingerprint density at radius 2 is 2.11 bits per heavy atom. The number of amides is 2. The lowest BCUT2D eigenvalue weighted by molar-refractivity contribution is -0.123. The molecule has 4 N–H and O–H groups in total. The molecule has 4 aromatic heterocycles. The van der Waals surface area contributed by atoms with E-state index < -0.39 is 0 Å². The summed E-state index contributed by atoms with van der Waals surface area (Å²) in [5.41, 5.74) is 8.82. The van der Waals surface area contributed by atoms with Gasteiger partial charge in [0.15, 0.2) is 0 Å². The van der Waals surface area contributed by atoms with Crippen LogP contribution in [0.3, 0.4) is 0 Å². The SMILES string of the molecule is COc1cc(-c2cc(C(=O)N3CCC(C(N)=O)CC3Cc3cc4cc[nH]c4cn3)[nH]n2)c(Cl)cn1. The van der Waals surface area contributed by atoms with Crippen molar-refractivity contribution >= 4 is 34.3 Å². The maximum absolute atomic E-state index is 13.5. The van der Waals surface area contributed by atoms with Crippen LogP contribution in [0.4, 0.5) is 0 Å². The number of nitrogens with two attached hydrogens (primary N) is 1. The number of aromatic amines is 2. The lowest BCUT2D eigenvalue weighted by atomic mass is 9.87. The number of hydrogen-bond donors (Lipinski definition) is 3. The number of rotatable bonds is 6. The van der Waals surface area contributed by atoms with E-state index in [-0.39, 0.29) is 23.8 Å². The van der Waals surface area contributed by atoms with Crippen LogP contribution < -0.4 is 10.5 Å². The van der Waals surface area contributed by atoms with Crippen LogP contribution in [0.1, 0.15) is 29.0 Å². The summed E-state index contributed by atoms with van der Waals surface area (Å²) in [6.45, 7) is 0.404. The van der Waals surface area contributed by atoms with Gasteiger partial charge >= 0.3 is 0 Å². The first-order valence-electron chi connectivity index (χ1n) is 11.2. The first-order valence-corrected chi connectivity index (χ1v) is 11.6. The molecule has 0 aliphatic carbocycles. The summed E-state index contributed by atoms with van der Waals surface area (Å²) in [7, 11) is 1.51. The van der Waals surface area contributed by atoms with Gasteiger partial charge in [0, 0.05) is 53.8 Å². The van der Waals surface area contributed by atoms with Gasteiger partial charge in [-0.25, -0.2) is 4.98 Å². The van der Waals surface area contributed by atoms with Crippen LogP contribution in [-0.2, 0) is 11.2 Å². The Hall–Kier alpha value is -3.92. The molecular formula is C24H24ClN7O3.